The molecule has 1 amide bonds. The summed E-state index contributed by atoms with van der Waals surface area (Å²) in [5.74, 6) is 0.610. The summed E-state index contributed by atoms with van der Waals surface area (Å²) in [5.41, 5.74) is 2.95. The predicted molar refractivity (Wildman–Crippen MR) is 105 cm³/mol. The average Bonchev–Trinajstić information content (AvgIpc) is 3.17. The molecule has 4 rings (SSSR count). The molecule has 0 aliphatic carbocycles. The lowest BCUT2D eigenvalue weighted by atomic mass is 10.1. The van der Waals surface area contributed by atoms with Gasteiger partial charge in [-0.15, -0.1) is 0 Å². The van der Waals surface area contributed by atoms with Crippen LogP contribution in [-0.4, -0.2) is 32.0 Å². The molecule has 0 saturated heterocycles. The number of carbonyl (C=O) groups is 1. The normalized spacial score (nSPS) is 11.4. The van der Waals surface area contributed by atoms with Gasteiger partial charge in [0.2, 0.25) is 5.91 Å². The second kappa shape index (κ2) is 6.95. The van der Waals surface area contributed by atoms with Crippen LogP contribution in [-0.2, 0) is 24.8 Å². The third-order valence-corrected chi connectivity index (χ3v) is 5.05. The van der Waals surface area contributed by atoms with Gasteiger partial charge in [0.25, 0.3) is 5.56 Å². The highest BCUT2D eigenvalue weighted by atomic mass is 16.5. The Balaban J connectivity index is 1.61. The van der Waals surface area contributed by atoms with Gasteiger partial charge in [-0.05, 0) is 26.3 Å². The summed E-state index contributed by atoms with van der Waals surface area (Å²) in [6.45, 7) is 4.28. The second-order valence-corrected chi connectivity index (χ2v) is 6.84. The van der Waals surface area contributed by atoms with E-state index < -0.39 is 0 Å². The molecule has 3 heterocycles. The first-order valence-electron chi connectivity index (χ1n) is 9.09. The average molecular weight is 379 g/mol. The van der Waals surface area contributed by atoms with E-state index in [9.17, 15) is 9.59 Å². The molecular weight excluding hydrogens is 358 g/mol. The van der Waals surface area contributed by atoms with Crippen LogP contribution in [0.25, 0.3) is 21.8 Å². The molecule has 8 heteroatoms. The van der Waals surface area contributed by atoms with Gasteiger partial charge in [0.1, 0.15) is 17.8 Å². The zero-order valence-corrected chi connectivity index (χ0v) is 16.0. The molecule has 0 aliphatic rings. The quantitative estimate of drug-likeness (QED) is 0.571. The summed E-state index contributed by atoms with van der Waals surface area (Å²) < 4.78 is 8.20. The van der Waals surface area contributed by atoms with E-state index in [1.165, 1.54) is 4.68 Å². The van der Waals surface area contributed by atoms with E-state index in [-0.39, 0.29) is 18.0 Å². The molecule has 0 saturated carbocycles. The fourth-order valence-electron chi connectivity index (χ4n) is 3.59. The van der Waals surface area contributed by atoms with Crippen LogP contribution in [0.15, 0.2) is 39.8 Å². The van der Waals surface area contributed by atoms with Crippen LogP contribution in [0.2, 0.25) is 0 Å². The van der Waals surface area contributed by atoms with Crippen molar-refractivity contribution in [1.29, 1.82) is 0 Å². The van der Waals surface area contributed by atoms with Crippen LogP contribution < -0.4 is 10.9 Å². The number of carbonyl (C=O) groups excluding carboxylic acids is 1. The van der Waals surface area contributed by atoms with Crippen molar-refractivity contribution in [2.45, 2.75) is 26.8 Å². The van der Waals surface area contributed by atoms with E-state index >= 15 is 0 Å². The summed E-state index contributed by atoms with van der Waals surface area (Å²) in [4.78, 5) is 25.3. The van der Waals surface area contributed by atoms with Crippen molar-refractivity contribution in [2.75, 3.05) is 6.54 Å². The minimum absolute atomic E-state index is 0.0604. The molecule has 0 bridgehead atoms. The molecule has 4 aromatic rings. The molecule has 8 nitrogen and oxygen atoms in total. The van der Waals surface area contributed by atoms with Gasteiger partial charge in [-0.25, -0.2) is 4.68 Å². The number of aromatic nitrogens is 4. The number of hydrogen-bond donors (Lipinski definition) is 1. The number of fused-ring (bicyclic) bond motifs is 3. The molecule has 0 atom stereocenters. The number of nitrogens with zero attached hydrogens (tertiary/aromatic N) is 4. The molecule has 0 spiro atoms. The Morgan fingerprint density at radius 1 is 1.21 bits per heavy atom. The maximum absolute atomic E-state index is 12.7. The summed E-state index contributed by atoms with van der Waals surface area (Å²) >= 11 is 0. The van der Waals surface area contributed by atoms with Crippen molar-refractivity contribution < 1.29 is 9.32 Å². The maximum Gasteiger partial charge on any atom is 0.291 e. The Morgan fingerprint density at radius 3 is 2.75 bits per heavy atom. The lowest BCUT2D eigenvalue weighted by molar-refractivity contribution is -0.121. The lowest BCUT2D eigenvalue weighted by Crippen LogP contribution is -2.30. The van der Waals surface area contributed by atoms with Gasteiger partial charge in [-0.2, -0.15) is 5.10 Å². The highest BCUT2D eigenvalue weighted by molar-refractivity contribution is 6.07. The van der Waals surface area contributed by atoms with Crippen molar-refractivity contribution in [3.63, 3.8) is 0 Å². The molecule has 0 fully saturated rings. The van der Waals surface area contributed by atoms with Gasteiger partial charge in [0, 0.05) is 35.4 Å². The molecule has 1 aromatic carbocycles. The molecule has 0 unspecified atom stereocenters. The first kappa shape index (κ1) is 18.0. The first-order chi connectivity index (χ1) is 13.5. The molecule has 3 aromatic heterocycles. The van der Waals surface area contributed by atoms with Gasteiger partial charge in [-0.1, -0.05) is 23.4 Å². The zero-order chi connectivity index (χ0) is 19.8. The van der Waals surface area contributed by atoms with Gasteiger partial charge in [0.15, 0.2) is 0 Å². The number of para-hydroxylation sites is 1. The van der Waals surface area contributed by atoms with E-state index in [2.05, 4.69) is 15.6 Å². The Hall–Kier alpha value is -3.42. The predicted octanol–water partition coefficient (Wildman–Crippen LogP) is 1.85. The number of nitrogens with one attached hydrogen (secondary N) is 1. The van der Waals surface area contributed by atoms with Crippen molar-refractivity contribution in [3.05, 3.63) is 57.8 Å². The fraction of sp³-hybridized carbons (Fsp3) is 0.300. The van der Waals surface area contributed by atoms with Crippen LogP contribution in [0.5, 0.6) is 0 Å². The Morgan fingerprint density at radius 2 is 2.00 bits per heavy atom. The number of amides is 1. The van der Waals surface area contributed by atoms with Gasteiger partial charge in [-0.3, -0.25) is 9.59 Å². The molecule has 144 valence electrons. The minimum Gasteiger partial charge on any atom is -0.361 e. The van der Waals surface area contributed by atoms with Crippen molar-refractivity contribution in [3.8, 4) is 0 Å². The van der Waals surface area contributed by atoms with E-state index in [0.29, 0.717) is 18.5 Å². The summed E-state index contributed by atoms with van der Waals surface area (Å²) in [5, 5.41) is 12.6. The van der Waals surface area contributed by atoms with E-state index in [1.807, 2.05) is 38.1 Å². The van der Waals surface area contributed by atoms with Crippen LogP contribution in [0, 0.1) is 13.8 Å². The Labute approximate surface area is 160 Å². The summed E-state index contributed by atoms with van der Waals surface area (Å²) in [7, 11) is 1.60. The van der Waals surface area contributed by atoms with Crippen LogP contribution >= 0.6 is 0 Å². The van der Waals surface area contributed by atoms with Crippen LogP contribution in [0.4, 0.5) is 0 Å². The third kappa shape index (κ3) is 2.96. The molecule has 0 aliphatic heterocycles. The zero-order valence-electron chi connectivity index (χ0n) is 16.0. The molecule has 28 heavy (non-hydrogen) atoms. The van der Waals surface area contributed by atoms with E-state index in [1.54, 1.807) is 17.8 Å². The van der Waals surface area contributed by atoms with Crippen molar-refractivity contribution in [1.82, 2.24) is 24.8 Å². The maximum atomic E-state index is 12.7. The Bertz CT molecular complexity index is 1230. The topological polar surface area (TPSA) is 94.9 Å². The van der Waals surface area contributed by atoms with Crippen LogP contribution in [0.3, 0.4) is 0 Å². The largest absolute Gasteiger partial charge is 0.361 e. The van der Waals surface area contributed by atoms with Gasteiger partial charge in [0.05, 0.1) is 11.9 Å². The van der Waals surface area contributed by atoms with Crippen molar-refractivity contribution >= 4 is 27.7 Å². The standard InChI is InChI=1S/C20H21N5O3/c1-12-14(13(2)28-23-12)8-9-21-18(26)11-25-17-7-5-4-6-15(17)16-10-22-24(3)20(27)19(16)25/h4-7,10H,8-9,11H2,1-3H3,(H,21,26). The molecular formula is C20H21N5O3. The SMILES string of the molecule is Cc1noc(C)c1CCNC(=O)Cn1c2ccccc2c2cnn(C)c(=O)c21. The minimum atomic E-state index is -0.225. The van der Waals surface area contributed by atoms with Crippen LogP contribution in [0.1, 0.15) is 17.0 Å². The lowest BCUT2D eigenvalue weighted by Gasteiger charge is -2.09. The number of rotatable bonds is 5. The molecule has 0 radical (unpaired) electrons. The number of hydrogen-bond acceptors (Lipinski definition) is 5. The Kier molecular flexibility index (Phi) is 4.46. The highest BCUT2D eigenvalue weighted by Gasteiger charge is 2.17. The summed E-state index contributed by atoms with van der Waals surface area (Å²) in [6, 6.07) is 7.65. The van der Waals surface area contributed by atoms with E-state index in [0.717, 1.165) is 33.3 Å². The number of aryl methyl sites for hydroxylation is 3. The van der Waals surface area contributed by atoms with Gasteiger partial charge >= 0.3 is 0 Å². The van der Waals surface area contributed by atoms with Gasteiger partial charge < -0.3 is 14.4 Å². The number of benzene rings is 1. The third-order valence-electron chi connectivity index (χ3n) is 5.05. The smallest absolute Gasteiger partial charge is 0.291 e. The fourth-order valence-corrected chi connectivity index (χ4v) is 3.59. The molecule has 1 N–H and O–H groups in total. The summed E-state index contributed by atoms with van der Waals surface area (Å²) in [6.07, 6.45) is 2.32. The highest BCUT2D eigenvalue weighted by Crippen LogP contribution is 2.26. The second-order valence-electron chi connectivity index (χ2n) is 6.84. The van der Waals surface area contributed by atoms with Crippen molar-refractivity contribution in [2.24, 2.45) is 7.05 Å². The monoisotopic (exact) mass is 379 g/mol. The first-order valence-corrected chi connectivity index (χ1v) is 9.09. The van der Waals surface area contributed by atoms with E-state index in [4.69, 9.17) is 4.52 Å².